The van der Waals surface area contributed by atoms with Crippen LogP contribution in [-0.4, -0.2) is 12.2 Å². The molecule has 2 N–H and O–H groups in total. The van der Waals surface area contributed by atoms with Gasteiger partial charge in [-0.3, -0.25) is 0 Å². The molecule has 0 heterocycles. The van der Waals surface area contributed by atoms with Gasteiger partial charge in [0.1, 0.15) is 5.75 Å². The number of methoxy groups -OCH3 is 1. The van der Waals surface area contributed by atoms with Gasteiger partial charge in [-0.1, -0.05) is 22.0 Å². The molecule has 0 bridgehead atoms. The minimum atomic E-state index is 0.545. The Morgan fingerprint density at radius 3 is 2.37 bits per heavy atom. The molecule has 2 aromatic rings. The molecule has 0 fully saturated rings. The van der Waals surface area contributed by atoms with Gasteiger partial charge in [-0.15, -0.1) is 0 Å². The van der Waals surface area contributed by atoms with E-state index in [1.54, 1.807) is 7.11 Å². The number of anilines is 2. The molecule has 2 rings (SSSR count). The Morgan fingerprint density at radius 2 is 1.74 bits per heavy atom. The van der Waals surface area contributed by atoms with Crippen LogP contribution in [0.4, 0.5) is 11.4 Å². The van der Waals surface area contributed by atoms with Crippen LogP contribution in [0.15, 0.2) is 53.0 Å². The summed E-state index contributed by atoms with van der Waals surface area (Å²) in [6.07, 6.45) is 0. The van der Waals surface area contributed by atoms with E-state index in [0.29, 0.717) is 5.11 Å². The van der Waals surface area contributed by atoms with E-state index >= 15 is 0 Å². The summed E-state index contributed by atoms with van der Waals surface area (Å²) in [5.74, 6) is 0.816. The molecule has 0 aliphatic carbocycles. The molecule has 0 aliphatic heterocycles. The van der Waals surface area contributed by atoms with Gasteiger partial charge >= 0.3 is 0 Å². The number of hydrogen-bond acceptors (Lipinski definition) is 2. The van der Waals surface area contributed by atoms with Crippen LogP contribution in [0.1, 0.15) is 0 Å². The minimum absolute atomic E-state index is 0.545. The summed E-state index contributed by atoms with van der Waals surface area (Å²) >= 11 is 8.67. The second-order valence-corrected chi connectivity index (χ2v) is 5.14. The standard InChI is InChI=1S/C14H13BrN2OS/c1-18-13-7-5-11(6-8-13)16-14(19)17-12-4-2-3-10(15)9-12/h2-9H,1H3,(H2,16,17,19). The average molecular weight is 337 g/mol. The van der Waals surface area contributed by atoms with Gasteiger partial charge in [-0.2, -0.15) is 0 Å². The van der Waals surface area contributed by atoms with Crippen molar-refractivity contribution in [3.8, 4) is 5.75 Å². The number of rotatable bonds is 3. The molecule has 0 amide bonds. The Bertz CT molecular complexity index is 572. The van der Waals surface area contributed by atoms with Crippen LogP contribution in [-0.2, 0) is 0 Å². The molecule has 0 radical (unpaired) electrons. The Labute approximate surface area is 126 Å². The third kappa shape index (κ3) is 4.22. The Hall–Kier alpha value is -1.59. The van der Waals surface area contributed by atoms with Crippen LogP contribution < -0.4 is 15.4 Å². The summed E-state index contributed by atoms with van der Waals surface area (Å²) in [5, 5.41) is 6.77. The monoisotopic (exact) mass is 336 g/mol. The van der Waals surface area contributed by atoms with Crippen LogP contribution in [0.25, 0.3) is 0 Å². The lowest BCUT2D eigenvalue weighted by atomic mass is 10.3. The number of nitrogens with one attached hydrogen (secondary N) is 2. The Morgan fingerprint density at radius 1 is 1.05 bits per heavy atom. The van der Waals surface area contributed by atoms with E-state index in [1.807, 2.05) is 48.5 Å². The van der Waals surface area contributed by atoms with Gasteiger partial charge in [0, 0.05) is 15.8 Å². The molecule has 2 aromatic carbocycles. The fraction of sp³-hybridized carbons (Fsp3) is 0.0714. The van der Waals surface area contributed by atoms with E-state index in [2.05, 4.69) is 26.6 Å². The largest absolute Gasteiger partial charge is 0.497 e. The van der Waals surface area contributed by atoms with Gasteiger partial charge in [-0.05, 0) is 54.7 Å². The fourth-order valence-corrected chi connectivity index (χ4v) is 2.17. The minimum Gasteiger partial charge on any atom is -0.497 e. The number of thiocarbonyl (C=S) groups is 1. The quantitative estimate of drug-likeness (QED) is 0.820. The van der Waals surface area contributed by atoms with E-state index in [4.69, 9.17) is 17.0 Å². The molecule has 19 heavy (non-hydrogen) atoms. The van der Waals surface area contributed by atoms with Crippen molar-refractivity contribution in [2.45, 2.75) is 0 Å². The van der Waals surface area contributed by atoms with Gasteiger partial charge in [0.15, 0.2) is 5.11 Å². The average Bonchev–Trinajstić information content (AvgIpc) is 2.39. The number of halogens is 1. The first-order valence-electron chi connectivity index (χ1n) is 5.65. The molecule has 5 heteroatoms. The maximum Gasteiger partial charge on any atom is 0.175 e. The summed E-state index contributed by atoms with van der Waals surface area (Å²) in [7, 11) is 1.64. The van der Waals surface area contributed by atoms with Crippen LogP contribution in [0, 0.1) is 0 Å². The van der Waals surface area contributed by atoms with Gasteiger partial charge in [0.05, 0.1) is 7.11 Å². The summed E-state index contributed by atoms with van der Waals surface area (Å²) in [4.78, 5) is 0. The Kier molecular flexibility index (Phi) is 4.76. The zero-order chi connectivity index (χ0) is 13.7. The predicted octanol–water partition coefficient (Wildman–Crippen LogP) is 4.27. The molecule has 0 atom stereocenters. The highest BCUT2D eigenvalue weighted by molar-refractivity contribution is 9.10. The maximum absolute atomic E-state index is 5.25. The van der Waals surface area contributed by atoms with Crippen molar-refractivity contribution in [3.63, 3.8) is 0 Å². The first-order valence-corrected chi connectivity index (χ1v) is 6.85. The van der Waals surface area contributed by atoms with E-state index in [-0.39, 0.29) is 0 Å². The summed E-state index contributed by atoms with van der Waals surface area (Å²) < 4.78 is 6.11. The molecule has 0 aromatic heterocycles. The van der Waals surface area contributed by atoms with Crippen molar-refractivity contribution in [2.75, 3.05) is 17.7 Å². The van der Waals surface area contributed by atoms with E-state index < -0.39 is 0 Å². The van der Waals surface area contributed by atoms with Crippen molar-refractivity contribution < 1.29 is 4.74 Å². The van der Waals surface area contributed by atoms with Crippen molar-refractivity contribution in [1.29, 1.82) is 0 Å². The summed E-state index contributed by atoms with van der Waals surface area (Å²) in [5.41, 5.74) is 1.84. The first-order chi connectivity index (χ1) is 9.17. The van der Waals surface area contributed by atoms with Crippen molar-refractivity contribution in [1.82, 2.24) is 0 Å². The van der Waals surface area contributed by atoms with Gasteiger partial charge in [-0.25, -0.2) is 0 Å². The summed E-state index contributed by atoms with van der Waals surface area (Å²) in [6, 6.07) is 15.4. The van der Waals surface area contributed by atoms with Crippen LogP contribution >= 0.6 is 28.1 Å². The lowest BCUT2D eigenvalue weighted by molar-refractivity contribution is 0.415. The SMILES string of the molecule is COc1ccc(NC(=S)Nc2cccc(Br)c2)cc1. The normalized spacial score (nSPS) is 9.79. The fourth-order valence-electron chi connectivity index (χ4n) is 1.53. The van der Waals surface area contributed by atoms with Gasteiger partial charge < -0.3 is 15.4 Å². The number of hydrogen-bond donors (Lipinski definition) is 2. The molecule has 0 saturated carbocycles. The van der Waals surface area contributed by atoms with Gasteiger partial charge in [0.25, 0.3) is 0 Å². The van der Waals surface area contributed by atoms with Crippen molar-refractivity contribution in [2.24, 2.45) is 0 Å². The maximum atomic E-state index is 5.25. The number of ether oxygens (including phenoxy) is 1. The molecular formula is C14H13BrN2OS. The lowest BCUT2D eigenvalue weighted by Crippen LogP contribution is -2.18. The second kappa shape index (κ2) is 6.54. The van der Waals surface area contributed by atoms with E-state index in [0.717, 1.165) is 21.6 Å². The molecule has 0 unspecified atom stereocenters. The highest BCUT2D eigenvalue weighted by Crippen LogP contribution is 2.17. The third-order valence-corrected chi connectivity index (χ3v) is 3.13. The molecule has 98 valence electrons. The topological polar surface area (TPSA) is 33.3 Å². The van der Waals surface area contributed by atoms with E-state index in [1.165, 1.54) is 0 Å². The zero-order valence-electron chi connectivity index (χ0n) is 10.3. The highest BCUT2D eigenvalue weighted by Gasteiger charge is 2.00. The van der Waals surface area contributed by atoms with E-state index in [9.17, 15) is 0 Å². The number of benzene rings is 2. The molecule has 0 saturated heterocycles. The van der Waals surface area contributed by atoms with Crippen molar-refractivity contribution >= 4 is 44.6 Å². The molecular weight excluding hydrogens is 324 g/mol. The Balaban J connectivity index is 1.97. The smallest absolute Gasteiger partial charge is 0.175 e. The molecule has 3 nitrogen and oxygen atoms in total. The van der Waals surface area contributed by atoms with Crippen molar-refractivity contribution in [3.05, 3.63) is 53.0 Å². The third-order valence-electron chi connectivity index (χ3n) is 2.43. The van der Waals surface area contributed by atoms with Crippen LogP contribution in [0.5, 0.6) is 5.75 Å². The molecule has 0 aliphatic rings. The second-order valence-electron chi connectivity index (χ2n) is 3.82. The van der Waals surface area contributed by atoms with Crippen LogP contribution in [0.2, 0.25) is 0 Å². The molecule has 0 spiro atoms. The first kappa shape index (κ1) is 13.8. The van der Waals surface area contributed by atoms with Gasteiger partial charge in [0.2, 0.25) is 0 Å². The van der Waals surface area contributed by atoms with Crippen LogP contribution in [0.3, 0.4) is 0 Å². The predicted molar refractivity (Wildman–Crippen MR) is 87.0 cm³/mol. The zero-order valence-corrected chi connectivity index (χ0v) is 12.7. The summed E-state index contributed by atoms with van der Waals surface area (Å²) in [6.45, 7) is 0. The lowest BCUT2D eigenvalue weighted by Gasteiger charge is -2.11. The highest BCUT2D eigenvalue weighted by atomic mass is 79.9.